The van der Waals surface area contributed by atoms with Gasteiger partial charge in [-0.1, -0.05) is 12.1 Å². The molecule has 0 spiro atoms. The minimum atomic E-state index is 0.831. The van der Waals surface area contributed by atoms with Crippen molar-refractivity contribution in [3.05, 3.63) is 41.1 Å². The zero-order valence-electron chi connectivity index (χ0n) is 10.1. The number of fused-ring (bicyclic) bond motifs is 1. The van der Waals surface area contributed by atoms with Gasteiger partial charge in [0, 0.05) is 17.8 Å². The molecule has 0 unspecified atom stereocenters. The molecular weight excluding hydrogens is 210 g/mol. The Bertz CT molecular complexity index is 528. The van der Waals surface area contributed by atoms with E-state index >= 15 is 0 Å². The molecule has 2 aromatic rings. The van der Waals surface area contributed by atoms with Crippen LogP contribution in [0.15, 0.2) is 24.3 Å². The molecule has 0 atom stereocenters. The van der Waals surface area contributed by atoms with Gasteiger partial charge in [0.05, 0.1) is 5.69 Å². The zero-order valence-corrected chi connectivity index (χ0v) is 10.1. The molecule has 0 radical (unpaired) electrons. The molecule has 1 aromatic carbocycles. The smallest absolute Gasteiger partial charge is 0.0924 e. The molecule has 2 N–H and O–H groups in total. The van der Waals surface area contributed by atoms with Gasteiger partial charge in [-0.15, -0.1) is 0 Å². The van der Waals surface area contributed by atoms with E-state index in [1.54, 1.807) is 0 Å². The minimum Gasteiger partial charge on any atom is -0.314 e. The lowest BCUT2D eigenvalue weighted by molar-refractivity contribution is 0.784. The van der Waals surface area contributed by atoms with E-state index in [0.29, 0.717) is 0 Å². The average molecular weight is 227 g/mol. The average Bonchev–Trinajstić information content (AvgIpc) is 2.96. The van der Waals surface area contributed by atoms with E-state index in [0.717, 1.165) is 17.9 Å². The molecule has 3 rings (SSSR count). The molecular formula is C14H17N3. The molecule has 1 aromatic heterocycles. The van der Waals surface area contributed by atoms with E-state index in [1.165, 1.54) is 36.0 Å². The van der Waals surface area contributed by atoms with Crippen LogP contribution in [0.1, 0.15) is 23.2 Å². The van der Waals surface area contributed by atoms with E-state index < -0.39 is 0 Å². The Balaban J connectivity index is 1.92. The lowest BCUT2D eigenvalue weighted by Gasteiger charge is -2.01. The van der Waals surface area contributed by atoms with Gasteiger partial charge in [0.25, 0.3) is 0 Å². The van der Waals surface area contributed by atoms with Crippen LogP contribution in [0.5, 0.6) is 0 Å². The quantitative estimate of drug-likeness (QED) is 0.844. The van der Waals surface area contributed by atoms with Gasteiger partial charge >= 0.3 is 0 Å². The van der Waals surface area contributed by atoms with Crippen LogP contribution in [0, 0.1) is 0 Å². The second kappa shape index (κ2) is 4.34. The summed E-state index contributed by atoms with van der Waals surface area (Å²) in [6, 6.07) is 8.85. The van der Waals surface area contributed by atoms with E-state index in [4.69, 9.17) is 0 Å². The summed E-state index contributed by atoms with van der Waals surface area (Å²) in [5.74, 6) is 0. The van der Waals surface area contributed by atoms with Crippen LogP contribution in [0.25, 0.3) is 11.3 Å². The minimum absolute atomic E-state index is 0.831. The molecule has 1 aliphatic rings. The molecule has 0 amide bonds. The Kier molecular flexibility index (Phi) is 2.69. The number of H-pyrrole nitrogens is 1. The lowest BCUT2D eigenvalue weighted by atomic mass is 10.0. The van der Waals surface area contributed by atoms with Gasteiger partial charge in [0.2, 0.25) is 0 Å². The van der Waals surface area contributed by atoms with Crippen LogP contribution in [0.4, 0.5) is 0 Å². The molecule has 0 bridgehead atoms. The number of aromatic amines is 1. The summed E-state index contributed by atoms with van der Waals surface area (Å²) >= 11 is 0. The van der Waals surface area contributed by atoms with Crippen LogP contribution < -0.4 is 5.32 Å². The predicted molar refractivity (Wildman–Crippen MR) is 68.8 cm³/mol. The number of aromatic nitrogens is 2. The third kappa shape index (κ3) is 1.98. The SMILES string of the molecule is CNCc1cc(-c2ccc3c(c2)CCC3)n[nH]1. The van der Waals surface area contributed by atoms with Crippen molar-refractivity contribution in [3.8, 4) is 11.3 Å². The van der Waals surface area contributed by atoms with E-state index in [9.17, 15) is 0 Å². The third-order valence-electron chi connectivity index (χ3n) is 3.39. The Hall–Kier alpha value is -1.61. The molecule has 3 heteroatoms. The van der Waals surface area contributed by atoms with E-state index in [1.807, 2.05) is 7.05 Å². The fraction of sp³-hybridized carbons (Fsp3) is 0.357. The second-order valence-electron chi connectivity index (χ2n) is 4.65. The Morgan fingerprint density at radius 2 is 2.12 bits per heavy atom. The fourth-order valence-corrected chi connectivity index (χ4v) is 2.52. The van der Waals surface area contributed by atoms with Crippen molar-refractivity contribution < 1.29 is 0 Å². The summed E-state index contributed by atoms with van der Waals surface area (Å²) in [5, 5.41) is 10.5. The van der Waals surface area contributed by atoms with Crippen LogP contribution in [0.3, 0.4) is 0 Å². The monoisotopic (exact) mass is 227 g/mol. The van der Waals surface area contributed by atoms with Crippen molar-refractivity contribution >= 4 is 0 Å². The van der Waals surface area contributed by atoms with Gasteiger partial charge in [0.1, 0.15) is 0 Å². The lowest BCUT2D eigenvalue weighted by Crippen LogP contribution is -2.04. The topological polar surface area (TPSA) is 40.7 Å². The van der Waals surface area contributed by atoms with Gasteiger partial charge in [-0.05, 0) is 49.6 Å². The highest BCUT2D eigenvalue weighted by Gasteiger charge is 2.12. The maximum Gasteiger partial charge on any atom is 0.0924 e. The molecule has 88 valence electrons. The Labute approximate surface area is 101 Å². The van der Waals surface area contributed by atoms with Crippen LogP contribution >= 0.6 is 0 Å². The number of nitrogens with one attached hydrogen (secondary N) is 2. The molecule has 0 aliphatic heterocycles. The van der Waals surface area contributed by atoms with Crippen molar-refractivity contribution in [1.29, 1.82) is 0 Å². The van der Waals surface area contributed by atoms with Gasteiger partial charge in [-0.25, -0.2) is 0 Å². The summed E-state index contributed by atoms with van der Waals surface area (Å²) in [6.07, 6.45) is 3.75. The predicted octanol–water partition coefficient (Wildman–Crippen LogP) is 2.28. The second-order valence-corrected chi connectivity index (χ2v) is 4.65. The Morgan fingerprint density at radius 3 is 3.00 bits per heavy atom. The zero-order chi connectivity index (χ0) is 11.7. The van der Waals surface area contributed by atoms with Crippen LogP contribution in [-0.2, 0) is 19.4 Å². The Morgan fingerprint density at radius 1 is 1.24 bits per heavy atom. The number of nitrogens with zero attached hydrogens (tertiary/aromatic N) is 1. The maximum atomic E-state index is 4.37. The number of aryl methyl sites for hydroxylation is 2. The highest BCUT2D eigenvalue weighted by molar-refractivity contribution is 5.61. The van der Waals surface area contributed by atoms with Crippen LogP contribution in [0.2, 0.25) is 0 Å². The van der Waals surface area contributed by atoms with Crippen molar-refractivity contribution in [2.45, 2.75) is 25.8 Å². The number of rotatable bonds is 3. The molecule has 0 saturated heterocycles. The number of hydrogen-bond donors (Lipinski definition) is 2. The van der Waals surface area contributed by atoms with Gasteiger partial charge in [0.15, 0.2) is 0 Å². The third-order valence-corrected chi connectivity index (χ3v) is 3.39. The normalized spacial score (nSPS) is 13.9. The van der Waals surface area contributed by atoms with Gasteiger partial charge < -0.3 is 5.32 Å². The van der Waals surface area contributed by atoms with Gasteiger partial charge in [-0.2, -0.15) is 5.10 Å². The van der Waals surface area contributed by atoms with E-state index in [-0.39, 0.29) is 0 Å². The maximum absolute atomic E-state index is 4.37. The first kappa shape index (κ1) is 10.5. The first-order valence-corrected chi connectivity index (χ1v) is 6.18. The van der Waals surface area contributed by atoms with Gasteiger partial charge in [-0.3, -0.25) is 5.10 Å². The fourth-order valence-electron chi connectivity index (χ4n) is 2.52. The number of benzene rings is 1. The molecule has 1 heterocycles. The summed E-state index contributed by atoms with van der Waals surface area (Å²) in [4.78, 5) is 0. The van der Waals surface area contributed by atoms with Crippen LogP contribution in [-0.4, -0.2) is 17.2 Å². The largest absolute Gasteiger partial charge is 0.314 e. The summed E-state index contributed by atoms with van der Waals surface area (Å²) < 4.78 is 0. The summed E-state index contributed by atoms with van der Waals surface area (Å²) in [7, 11) is 1.94. The first-order valence-electron chi connectivity index (χ1n) is 6.18. The molecule has 0 saturated carbocycles. The van der Waals surface area contributed by atoms with Crippen molar-refractivity contribution in [2.75, 3.05) is 7.05 Å². The molecule has 17 heavy (non-hydrogen) atoms. The highest BCUT2D eigenvalue weighted by atomic mass is 15.1. The highest BCUT2D eigenvalue weighted by Crippen LogP contribution is 2.27. The van der Waals surface area contributed by atoms with Crippen molar-refractivity contribution in [3.63, 3.8) is 0 Å². The summed E-state index contributed by atoms with van der Waals surface area (Å²) in [6.45, 7) is 0.831. The standard InChI is InChI=1S/C14H17N3/c1-15-9-13-8-14(17-16-13)12-6-5-10-3-2-4-11(10)7-12/h5-8,15H,2-4,9H2,1H3,(H,16,17). The molecule has 1 aliphatic carbocycles. The molecule has 3 nitrogen and oxygen atoms in total. The first-order chi connectivity index (χ1) is 8.36. The number of hydrogen-bond acceptors (Lipinski definition) is 2. The molecule has 0 fully saturated rings. The summed E-state index contributed by atoms with van der Waals surface area (Å²) in [5.41, 5.74) is 6.41. The van der Waals surface area contributed by atoms with E-state index in [2.05, 4.69) is 39.8 Å². The van der Waals surface area contributed by atoms with Crippen molar-refractivity contribution in [2.24, 2.45) is 0 Å². The van der Waals surface area contributed by atoms with Crippen molar-refractivity contribution in [1.82, 2.24) is 15.5 Å².